The van der Waals surface area contributed by atoms with Gasteiger partial charge in [0.15, 0.2) is 0 Å². The minimum absolute atomic E-state index is 0.0183. The molecule has 0 unspecified atom stereocenters. The summed E-state index contributed by atoms with van der Waals surface area (Å²) in [5.41, 5.74) is 0.838. The second kappa shape index (κ2) is 8.39. The highest BCUT2D eigenvalue weighted by molar-refractivity contribution is 7.11. The number of hydrogen-bond acceptors (Lipinski definition) is 6. The molecule has 1 aromatic heterocycles. The number of nitrogens with one attached hydrogen (secondary N) is 1. The Balaban J connectivity index is 1.69. The topological polar surface area (TPSA) is 67.9 Å². The van der Waals surface area contributed by atoms with Gasteiger partial charge in [-0.1, -0.05) is 12.1 Å². The van der Waals surface area contributed by atoms with Crippen LogP contribution in [0.3, 0.4) is 0 Å². The van der Waals surface area contributed by atoms with Crippen molar-refractivity contribution < 1.29 is 32.2 Å². The molecule has 0 atom stereocenters. The van der Waals surface area contributed by atoms with Gasteiger partial charge >= 0.3 is 6.36 Å². The fourth-order valence-electron chi connectivity index (χ4n) is 3.16. The van der Waals surface area contributed by atoms with E-state index in [1.54, 1.807) is 41.8 Å². The zero-order valence-electron chi connectivity index (χ0n) is 16.5. The SMILES string of the molecule is COc1cccc(N2C(=O)C(Nc3ccc(OC(F)(F)F)cc3)=C(c3cccs3)C2=O)c1. The van der Waals surface area contributed by atoms with Gasteiger partial charge in [0.05, 0.1) is 18.4 Å². The van der Waals surface area contributed by atoms with Gasteiger partial charge in [0.2, 0.25) is 0 Å². The Morgan fingerprint density at radius 1 is 0.938 bits per heavy atom. The van der Waals surface area contributed by atoms with Gasteiger partial charge < -0.3 is 14.8 Å². The number of methoxy groups -OCH3 is 1. The standard InChI is InChI=1S/C22H15F3N2O4S/c1-30-16-5-2-4-14(12-16)27-20(28)18(17-6-3-11-32-17)19(21(27)29)26-13-7-9-15(10-8-13)31-22(23,24)25/h2-12,26H,1H3. The van der Waals surface area contributed by atoms with E-state index >= 15 is 0 Å². The first kappa shape index (κ1) is 21.4. The lowest BCUT2D eigenvalue weighted by Crippen LogP contribution is -2.32. The number of halogens is 3. The van der Waals surface area contributed by atoms with E-state index in [0.29, 0.717) is 22.0 Å². The van der Waals surface area contributed by atoms with Crippen LogP contribution in [-0.2, 0) is 9.59 Å². The Kier molecular flexibility index (Phi) is 5.62. The number of carbonyl (C=O) groups excluding carboxylic acids is 2. The van der Waals surface area contributed by atoms with E-state index in [4.69, 9.17) is 4.74 Å². The summed E-state index contributed by atoms with van der Waals surface area (Å²) >= 11 is 1.29. The van der Waals surface area contributed by atoms with Gasteiger partial charge in [-0.3, -0.25) is 9.59 Å². The largest absolute Gasteiger partial charge is 0.573 e. The molecule has 10 heteroatoms. The zero-order valence-corrected chi connectivity index (χ0v) is 17.3. The van der Waals surface area contributed by atoms with Gasteiger partial charge in [-0.05, 0) is 47.8 Å². The third-order valence-corrected chi connectivity index (χ3v) is 5.41. The monoisotopic (exact) mass is 460 g/mol. The second-order valence-electron chi connectivity index (χ2n) is 6.57. The summed E-state index contributed by atoms with van der Waals surface area (Å²) in [6.07, 6.45) is -4.81. The Labute approximate surface area is 184 Å². The minimum Gasteiger partial charge on any atom is -0.497 e. The Hall–Kier alpha value is -3.79. The highest BCUT2D eigenvalue weighted by atomic mass is 32.1. The molecule has 2 amide bonds. The van der Waals surface area contributed by atoms with Crippen LogP contribution in [0.1, 0.15) is 4.88 Å². The van der Waals surface area contributed by atoms with Crippen LogP contribution >= 0.6 is 11.3 Å². The molecule has 4 rings (SSSR count). The van der Waals surface area contributed by atoms with Gasteiger partial charge in [0.25, 0.3) is 11.8 Å². The Morgan fingerprint density at radius 2 is 1.69 bits per heavy atom. The molecule has 1 aliphatic heterocycles. The normalized spacial score (nSPS) is 14.2. The number of carbonyl (C=O) groups is 2. The van der Waals surface area contributed by atoms with Crippen LogP contribution < -0.4 is 19.7 Å². The summed E-state index contributed by atoms with van der Waals surface area (Å²) in [4.78, 5) is 28.1. The van der Waals surface area contributed by atoms with Crippen molar-refractivity contribution in [3.05, 3.63) is 76.6 Å². The molecule has 0 saturated carbocycles. The molecule has 0 bridgehead atoms. The third kappa shape index (κ3) is 4.30. The van der Waals surface area contributed by atoms with Crippen molar-refractivity contribution in [3.8, 4) is 11.5 Å². The molecule has 164 valence electrons. The predicted molar refractivity (Wildman–Crippen MR) is 113 cm³/mol. The molecule has 2 aromatic carbocycles. The molecule has 6 nitrogen and oxygen atoms in total. The molecule has 3 aromatic rings. The fraction of sp³-hybridized carbons (Fsp3) is 0.0909. The predicted octanol–water partition coefficient (Wildman–Crippen LogP) is 5.05. The number of amides is 2. The molecule has 32 heavy (non-hydrogen) atoms. The molecule has 0 fully saturated rings. The van der Waals surface area contributed by atoms with Crippen LogP contribution in [0, 0.1) is 0 Å². The van der Waals surface area contributed by atoms with Crippen molar-refractivity contribution in [1.82, 2.24) is 0 Å². The fourth-order valence-corrected chi connectivity index (χ4v) is 3.93. The van der Waals surface area contributed by atoms with Crippen molar-refractivity contribution >= 4 is 40.1 Å². The smallest absolute Gasteiger partial charge is 0.497 e. The van der Waals surface area contributed by atoms with Gasteiger partial charge in [-0.25, -0.2) is 4.90 Å². The van der Waals surface area contributed by atoms with Crippen molar-refractivity contribution in [2.75, 3.05) is 17.3 Å². The lowest BCUT2D eigenvalue weighted by Gasteiger charge is -2.16. The molecular weight excluding hydrogens is 445 g/mol. The maximum atomic E-state index is 13.3. The Morgan fingerprint density at radius 3 is 2.31 bits per heavy atom. The number of nitrogens with zero attached hydrogens (tertiary/aromatic N) is 1. The minimum atomic E-state index is -4.81. The van der Waals surface area contributed by atoms with Crippen LogP contribution in [0.15, 0.2) is 71.7 Å². The third-order valence-electron chi connectivity index (χ3n) is 4.52. The van der Waals surface area contributed by atoms with Crippen LogP contribution in [0.25, 0.3) is 5.57 Å². The molecular formula is C22H15F3N2O4S. The average Bonchev–Trinajstić information content (AvgIpc) is 3.35. The van der Waals surface area contributed by atoms with E-state index in [2.05, 4.69) is 10.1 Å². The van der Waals surface area contributed by atoms with Crippen LogP contribution in [0.4, 0.5) is 24.5 Å². The van der Waals surface area contributed by atoms with E-state index in [9.17, 15) is 22.8 Å². The van der Waals surface area contributed by atoms with Crippen molar-refractivity contribution in [2.24, 2.45) is 0 Å². The summed E-state index contributed by atoms with van der Waals surface area (Å²) in [5.74, 6) is -1.04. The maximum absolute atomic E-state index is 13.3. The summed E-state index contributed by atoms with van der Waals surface area (Å²) in [7, 11) is 1.47. The number of imide groups is 1. The van der Waals surface area contributed by atoms with E-state index < -0.39 is 23.9 Å². The number of alkyl halides is 3. The quantitative estimate of drug-likeness (QED) is 0.522. The lowest BCUT2D eigenvalue weighted by molar-refractivity contribution is -0.274. The first-order chi connectivity index (χ1) is 15.3. The molecule has 0 saturated heterocycles. The van der Waals surface area contributed by atoms with E-state index in [1.165, 1.54) is 30.6 Å². The molecule has 2 heterocycles. The van der Waals surface area contributed by atoms with Crippen LogP contribution in [0.2, 0.25) is 0 Å². The first-order valence-corrected chi connectivity index (χ1v) is 10.1. The second-order valence-corrected chi connectivity index (χ2v) is 7.52. The van der Waals surface area contributed by atoms with Gasteiger partial charge in [0, 0.05) is 16.6 Å². The molecule has 0 spiro atoms. The molecule has 1 aliphatic rings. The average molecular weight is 460 g/mol. The van der Waals surface area contributed by atoms with Crippen molar-refractivity contribution in [2.45, 2.75) is 6.36 Å². The number of thiophene rings is 1. The summed E-state index contributed by atoms with van der Waals surface area (Å²) < 4.78 is 46.2. The molecule has 0 aliphatic carbocycles. The van der Waals surface area contributed by atoms with Crippen LogP contribution in [-0.4, -0.2) is 25.3 Å². The van der Waals surface area contributed by atoms with E-state index in [1.807, 2.05) is 0 Å². The van der Waals surface area contributed by atoms with Crippen molar-refractivity contribution in [1.29, 1.82) is 0 Å². The number of anilines is 2. The molecule has 1 N–H and O–H groups in total. The number of rotatable bonds is 6. The molecule has 0 radical (unpaired) electrons. The summed E-state index contributed by atoms with van der Waals surface area (Å²) in [5, 5.41) is 4.66. The van der Waals surface area contributed by atoms with Gasteiger partial charge in [0.1, 0.15) is 17.2 Å². The maximum Gasteiger partial charge on any atom is 0.573 e. The zero-order chi connectivity index (χ0) is 22.9. The van der Waals surface area contributed by atoms with Crippen LogP contribution in [0.5, 0.6) is 11.5 Å². The highest BCUT2D eigenvalue weighted by Gasteiger charge is 2.41. The van der Waals surface area contributed by atoms with Gasteiger partial charge in [-0.2, -0.15) is 0 Å². The summed E-state index contributed by atoms with van der Waals surface area (Å²) in [6, 6.07) is 14.9. The van der Waals surface area contributed by atoms with E-state index in [-0.39, 0.29) is 11.3 Å². The first-order valence-electron chi connectivity index (χ1n) is 9.20. The number of hydrogen-bond donors (Lipinski definition) is 1. The number of ether oxygens (including phenoxy) is 2. The summed E-state index contributed by atoms with van der Waals surface area (Å²) in [6.45, 7) is 0. The number of benzene rings is 2. The highest BCUT2D eigenvalue weighted by Crippen LogP contribution is 2.36. The van der Waals surface area contributed by atoms with Crippen molar-refractivity contribution in [3.63, 3.8) is 0 Å². The Bertz CT molecular complexity index is 1190. The van der Waals surface area contributed by atoms with Gasteiger partial charge in [-0.15, -0.1) is 24.5 Å². The van der Waals surface area contributed by atoms with E-state index in [0.717, 1.165) is 17.0 Å². The lowest BCUT2D eigenvalue weighted by atomic mass is 10.2.